The molecule has 2 atom stereocenters. The molecule has 84 valence electrons. The Morgan fingerprint density at radius 1 is 1.56 bits per heavy atom. The van der Waals surface area contributed by atoms with Gasteiger partial charge in [0.05, 0.1) is 5.52 Å². The minimum atomic E-state index is -0.230. The van der Waals surface area contributed by atoms with Crippen molar-refractivity contribution in [2.24, 2.45) is 11.8 Å². The predicted octanol–water partition coefficient (Wildman–Crippen LogP) is 3.49. The third-order valence-electron chi connectivity index (χ3n) is 3.45. The maximum Gasteiger partial charge on any atom is 0.178 e. The van der Waals surface area contributed by atoms with Crippen molar-refractivity contribution in [1.82, 2.24) is 9.55 Å². The molecule has 0 bridgehead atoms. The monoisotopic (exact) mass is 236 g/mol. The van der Waals surface area contributed by atoms with E-state index in [1.54, 1.807) is 6.07 Å². The van der Waals surface area contributed by atoms with Gasteiger partial charge in [-0.3, -0.25) is 0 Å². The number of aromatic amines is 1. The number of hydrogen-bond donors (Lipinski definition) is 1. The van der Waals surface area contributed by atoms with Crippen molar-refractivity contribution in [1.29, 1.82) is 0 Å². The molecule has 1 N–H and O–H groups in total. The topological polar surface area (TPSA) is 20.7 Å². The molecule has 1 aliphatic carbocycles. The van der Waals surface area contributed by atoms with E-state index < -0.39 is 0 Å². The van der Waals surface area contributed by atoms with Crippen LogP contribution in [0.1, 0.15) is 13.3 Å². The number of fused-ring (bicyclic) bond motifs is 1. The highest BCUT2D eigenvalue weighted by Crippen LogP contribution is 2.39. The van der Waals surface area contributed by atoms with Crippen LogP contribution in [0.3, 0.4) is 0 Å². The number of nitrogens with one attached hydrogen (secondary N) is 1. The van der Waals surface area contributed by atoms with Gasteiger partial charge in [0.15, 0.2) is 4.77 Å². The first-order valence-electron chi connectivity index (χ1n) is 5.54. The second-order valence-electron chi connectivity index (χ2n) is 4.65. The van der Waals surface area contributed by atoms with Gasteiger partial charge < -0.3 is 9.55 Å². The number of rotatable bonds is 2. The maximum atomic E-state index is 13.5. The Kier molecular flexibility index (Phi) is 2.14. The lowest BCUT2D eigenvalue weighted by atomic mass is 10.3. The van der Waals surface area contributed by atoms with Crippen molar-refractivity contribution in [2.45, 2.75) is 19.9 Å². The van der Waals surface area contributed by atoms with Crippen LogP contribution in [0.25, 0.3) is 11.0 Å². The van der Waals surface area contributed by atoms with E-state index in [1.807, 2.05) is 10.6 Å². The van der Waals surface area contributed by atoms with Crippen molar-refractivity contribution in [3.8, 4) is 0 Å². The van der Waals surface area contributed by atoms with Gasteiger partial charge in [0, 0.05) is 6.54 Å². The molecule has 0 spiro atoms. The van der Waals surface area contributed by atoms with Gasteiger partial charge in [-0.2, -0.15) is 0 Å². The highest BCUT2D eigenvalue weighted by molar-refractivity contribution is 7.71. The number of para-hydroxylation sites is 1. The number of aromatic nitrogens is 2. The van der Waals surface area contributed by atoms with Gasteiger partial charge in [0.25, 0.3) is 0 Å². The number of hydrogen-bond acceptors (Lipinski definition) is 1. The van der Waals surface area contributed by atoms with E-state index in [2.05, 4.69) is 11.9 Å². The summed E-state index contributed by atoms with van der Waals surface area (Å²) < 4.78 is 16.2. The highest BCUT2D eigenvalue weighted by atomic mass is 32.1. The van der Waals surface area contributed by atoms with Crippen molar-refractivity contribution < 1.29 is 4.39 Å². The second-order valence-corrected chi connectivity index (χ2v) is 5.03. The second kappa shape index (κ2) is 3.42. The molecule has 2 nitrogen and oxygen atoms in total. The number of halogens is 1. The first-order valence-corrected chi connectivity index (χ1v) is 5.94. The van der Waals surface area contributed by atoms with Gasteiger partial charge in [0.1, 0.15) is 11.3 Å². The Labute approximate surface area is 98.1 Å². The zero-order valence-electron chi connectivity index (χ0n) is 9.03. The summed E-state index contributed by atoms with van der Waals surface area (Å²) in [7, 11) is 0. The molecular weight excluding hydrogens is 223 g/mol. The third kappa shape index (κ3) is 1.48. The molecule has 0 amide bonds. The zero-order chi connectivity index (χ0) is 11.3. The summed E-state index contributed by atoms with van der Waals surface area (Å²) in [5.41, 5.74) is 1.41. The lowest BCUT2D eigenvalue weighted by Crippen LogP contribution is -2.00. The molecule has 2 unspecified atom stereocenters. The molecular formula is C12H13FN2S. The van der Waals surface area contributed by atoms with Crippen LogP contribution in [0.2, 0.25) is 0 Å². The molecule has 1 heterocycles. The van der Waals surface area contributed by atoms with E-state index in [4.69, 9.17) is 12.2 Å². The van der Waals surface area contributed by atoms with Crippen LogP contribution in [0.15, 0.2) is 18.2 Å². The smallest absolute Gasteiger partial charge is 0.178 e. The Balaban J connectivity index is 2.12. The molecule has 16 heavy (non-hydrogen) atoms. The molecule has 1 saturated carbocycles. The standard InChI is InChI=1S/C12H13FN2S/c1-7-5-8(7)6-15-10-4-2-3-9(13)11(10)14-12(15)16/h2-4,7-8H,5-6H2,1H3,(H,14,16). The van der Waals surface area contributed by atoms with Gasteiger partial charge in [-0.25, -0.2) is 4.39 Å². The molecule has 1 fully saturated rings. The van der Waals surface area contributed by atoms with Gasteiger partial charge in [0.2, 0.25) is 0 Å². The first kappa shape index (κ1) is 10.0. The minimum Gasteiger partial charge on any atom is -0.328 e. The molecule has 1 aliphatic rings. The molecule has 1 aromatic heterocycles. The van der Waals surface area contributed by atoms with Crippen LogP contribution in [0.4, 0.5) is 4.39 Å². The number of nitrogens with zero attached hydrogens (tertiary/aromatic N) is 1. The van der Waals surface area contributed by atoms with E-state index in [-0.39, 0.29) is 5.82 Å². The highest BCUT2D eigenvalue weighted by Gasteiger charge is 2.33. The number of H-pyrrole nitrogens is 1. The van der Waals surface area contributed by atoms with E-state index in [0.29, 0.717) is 16.2 Å². The predicted molar refractivity (Wildman–Crippen MR) is 64.4 cm³/mol. The third-order valence-corrected chi connectivity index (χ3v) is 3.78. The van der Waals surface area contributed by atoms with Gasteiger partial charge >= 0.3 is 0 Å². The van der Waals surface area contributed by atoms with Crippen molar-refractivity contribution >= 4 is 23.3 Å². The van der Waals surface area contributed by atoms with E-state index in [0.717, 1.165) is 18.0 Å². The molecule has 0 aliphatic heterocycles. The zero-order valence-corrected chi connectivity index (χ0v) is 9.85. The fourth-order valence-corrected chi connectivity index (χ4v) is 2.49. The van der Waals surface area contributed by atoms with Gasteiger partial charge in [-0.1, -0.05) is 13.0 Å². The molecule has 0 radical (unpaired) electrons. The molecule has 2 aromatic rings. The largest absolute Gasteiger partial charge is 0.328 e. The van der Waals surface area contributed by atoms with Gasteiger partial charge in [-0.15, -0.1) is 0 Å². The minimum absolute atomic E-state index is 0.230. The molecule has 3 rings (SSSR count). The van der Waals surface area contributed by atoms with Gasteiger partial charge in [-0.05, 0) is 42.6 Å². The van der Waals surface area contributed by atoms with Crippen LogP contribution in [0, 0.1) is 22.4 Å². The summed E-state index contributed by atoms with van der Waals surface area (Å²) in [6, 6.07) is 5.10. The molecule has 0 saturated heterocycles. The summed E-state index contributed by atoms with van der Waals surface area (Å²) in [5, 5.41) is 0. The van der Waals surface area contributed by atoms with Crippen molar-refractivity contribution in [3.63, 3.8) is 0 Å². The van der Waals surface area contributed by atoms with Crippen LogP contribution in [-0.4, -0.2) is 9.55 Å². The summed E-state index contributed by atoms with van der Waals surface area (Å²) in [5.74, 6) is 1.25. The van der Waals surface area contributed by atoms with E-state index >= 15 is 0 Å². The van der Waals surface area contributed by atoms with Crippen LogP contribution in [-0.2, 0) is 6.54 Å². The maximum absolute atomic E-state index is 13.5. The lowest BCUT2D eigenvalue weighted by Gasteiger charge is -2.02. The Morgan fingerprint density at radius 2 is 2.31 bits per heavy atom. The van der Waals surface area contributed by atoms with Crippen LogP contribution >= 0.6 is 12.2 Å². The Hall–Kier alpha value is -1.16. The quantitative estimate of drug-likeness (QED) is 0.791. The molecule has 1 aromatic carbocycles. The Bertz CT molecular complexity index is 599. The van der Waals surface area contributed by atoms with E-state index in [9.17, 15) is 4.39 Å². The fraction of sp³-hybridized carbons (Fsp3) is 0.417. The van der Waals surface area contributed by atoms with Crippen molar-refractivity contribution in [2.75, 3.05) is 0 Å². The summed E-state index contributed by atoms with van der Waals surface area (Å²) in [6.07, 6.45) is 1.25. The summed E-state index contributed by atoms with van der Waals surface area (Å²) in [4.78, 5) is 2.95. The normalized spacial score (nSPS) is 23.9. The summed E-state index contributed by atoms with van der Waals surface area (Å²) in [6.45, 7) is 3.15. The summed E-state index contributed by atoms with van der Waals surface area (Å²) >= 11 is 5.24. The van der Waals surface area contributed by atoms with Crippen molar-refractivity contribution in [3.05, 3.63) is 28.8 Å². The van der Waals surface area contributed by atoms with E-state index in [1.165, 1.54) is 12.5 Å². The SMILES string of the molecule is CC1CC1Cn1c(=S)[nH]c2c(F)cccc21. The number of benzene rings is 1. The average Bonchev–Trinajstić information content (AvgIpc) is 2.84. The average molecular weight is 236 g/mol. The Morgan fingerprint density at radius 3 is 3.00 bits per heavy atom. The van der Waals surface area contributed by atoms with Crippen LogP contribution < -0.4 is 0 Å². The molecule has 4 heteroatoms. The van der Waals surface area contributed by atoms with Crippen LogP contribution in [0.5, 0.6) is 0 Å². The lowest BCUT2D eigenvalue weighted by molar-refractivity contribution is 0.600. The number of imidazole rings is 1. The first-order chi connectivity index (χ1) is 7.66. The fourth-order valence-electron chi connectivity index (χ4n) is 2.21.